The van der Waals surface area contributed by atoms with Gasteiger partial charge in [-0.05, 0) is 57.6 Å². The van der Waals surface area contributed by atoms with Crippen molar-refractivity contribution in [2.45, 2.75) is 82.9 Å². The lowest BCUT2D eigenvalue weighted by Crippen LogP contribution is -2.57. The zero-order chi connectivity index (χ0) is 25.7. The predicted octanol–water partition coefficient (Wildman–Crippen LogP) is 4.27. The summed E-state index contributed by atoms with van der Waals surface area (Å²) in [6.07, 6.45) is 1.26. The van der Waals surface area contributed by atoms with Crippen molar-refractivity contribution in [2.24, 2.45) is 0 Å². The molecule has 36 heavy (non-hydrogen) atoms. The largest absolute Gasteiger partial charge is 0.445 e. The van der Waals surface area contributed by atoms with Gasteiger partial charge in [0.1, 0.15) is 12.2 Å². The Morgan fingerprint density at radius 2 is 1.61 bits per heavy atom. The second-order valence-corrected chi connectivity index (χ2v) is 10.6. The second kappa shape index (κ2) is 11.3. The van der Waals surface area contributed by atoms with E-state index >= 15 is 0 Å². The summed E-state index contributed by atoms with van der Waals surface area (Å²) in [5.41, 5.74) is 1.26. The standard InChI is InChI=1S/C28H37N3O5/c1-28(2,3)36-27(34)31-23-15-14-22(17-23)30(31)18-25(32)24(16-20-10-6-4-7-11-20)29-26(33)35-19-21-12-8-5-9-13-21/h4-13,22-25,32H,14-19H2,1-3H3,(H,29,33)/t22?,23?,24-,25?/m0/s1. The Bertz CT molecular complexity index is 1010. The Morgan fingerprint density at radius 3 is 2.25 bits per heavy atom. The first-order chi connectivity index (χ1) is 17.2. The second-order valence-electron chi connectivity index (χ2n) is 10.6. The topological polar surface area (TPSA) is 91.3 Å². The van der Waals surface area contributed by atoms with Gasteiger partial charge < -0.3 is 19.9 Å². The van der Waals surface area contributed by atoms with E-state index in [1.807, 2.05) is 86.4 Å². The van der Waals surface area contributed by atoms with E-state index in [0.717, 1.165) is 30.4 Å². The van der Waals surface area contributed by atoms with Crippen molar-refractivity contribution in [1.82, 2.24) is 15.3 Å². The first-order valence-corrected chi connectivity index (χ1v) is 12.7. The number of hydrazine groups is 1. The predicted molar refractivity (Wildman–Crippen MR) is 136 cm³/mol. The molecule has 8 heteroatoms. The van der Waals surface area contributed by atoms with Crippen LogP contribution in [0.15, 0.2) is 60.7 Å². The van der Waals surface area contributed by atoms with Gasteiger partial charge in [-0.2, -0.15) is 0 Å². The highest BCUT2D eigenvalue weighted by Crippen LogP contribution is 2.38. The first-order valence-electron chi connectivity index (χ1n) is 12.7. The Hall–Kier alpha value is -3.10. The van der Waals surface area contributed by atoms with Crippen LogP contribution in [0.5, 0.6) is 0 Å². The molecule has 1 aliphatic heterocycles. The summed E-state index contributed by atoms with van der Waals surface area (Å²) in [6.45, 7) is 5.89. The van der Waals surface area contributed by atoms with E-state index in [2.05, 4.69) is 5.32 Å². The number of alkyl carbamates (subject to hydrolysis) is 1. The number of aliphatic hydroxyl groups excluding tert-OH is 1. The number of nitrogens with zero attached hydrogens (tertiary/aromatic N) is 2. The Morgan fingerprint density at radius 1 is 1.00 bits per heavy atom. The Labute approximate surface area is 213 Å². The van der Waals surface area contributed by atoms with Gasteiger partial charge in [0.05, 0.1) is 18.2 Å². The molecule has 2 amide bonds. The molecule has 1 aliphatic carbocycles. The van der Waals surface area contributed by atoms with Crippen LogP contribution < -0.4 is 5.32 Å². The minimum absolute atomic E-state index is 0.0772. The fourth-order valence-corrected chi connectivity index (χ4v) is 5.00. The van der Waals surface area contributed by atoms with E-state index in [4.69, 9.17) is 9.47 Å². The van der Waals surface area contributed by atoms with Gasteiger partial charge >= 0.3 is 12.2 Å². The zero-order valence-corrected chi connectivity index (χ0v) is 21.3. The third-order valence-corrected chi connectivity index (χ3v) is 6.65. The average Bonchev–Trinajstić information content (AvgIpc) is 3.44. The number of hydrogen-bond acceptors (Lipinski definition) is 6. The molecule has 1 saturated heterocycles. The number of carbonyl (C=O) groups is 2. The molecule has 0 radical (unpaired) electrons. The number of nitrogens with one attached hydrogen (secondary N) is 1. The van der Waals surface area contributed by atoms with Gasteiger partial charge in [-0.3, -0.25) is 0 Å². The number of fused-ring (bicyclic) bond motifs is 2. The van der Waals surface area contributed by atoms with E-state index in [9.17, 15) is 14.7 Å². The van der Waals surface area contributed by atoms with E-state index < -0.39 is 29.9 Å². The molecule has 4 rings (SSSR count). The highest BCUT2D eigenvalue weighted by atomic mass is 16.6. The van der Waals surface area contributed by atoms with Crippen LogP contribution in [0.3, 0.4) is 0 Å². The molecule has 2 fully saturated rings. The molecule has 2 aromatic rings. The Balaban J connectivity index is 1.44. The normalized spacial score (nSPS) is 21.2. The third-order valence-electron chi connectivity index (χ3n) is 6.65. The van der Waals surface area contributed by atoms with Crippen LogP contribution in [0.1, 0.15) is 51.2 Å². The number of benzene rings is 2. The van der Waals surface area contributed by atoms with Crippen LogP contribution in [-0.4, -0.2) is 63.7 Å². The fraction of sp³-hybridized carbons (Fsp3) is 0.500. The van der Waals surface area contributed by atoms with Crippen LogP contribution >= 0.6 is 0 Å². The van der Waals surface area contributed by atoms with Crippen LogP contribution in [0, 0.1) is 0 Å². The number of rotatable bonds is 8. The molecule has 0 aromatic heterocycles. The number of hydrogen-bond donors (Lipinski definition) is 2. The van der Waals surface area contributed by atoms with Crippen molar-refractivity contribution in [1.29, 1.82) is 0 Å². The summed E-state index contributed by atoms with van der Waals surface area (Å²) < 4.78 is 11.1. The van der Waals surface area contributed by atoms with Crippen molar-refractivity contribution < 1.29 is 24.2 Å². The van der Waals surface area contributed by atoms with Crippen LogP contribution in [0.25, 0.3) is 0 Å². The molecule has 2 bridgehead atoms. The molecule has 0 spiro atoms. The molecular weight excluding hydrogens is 458 g/mol. The lowest BCUT2D eigenvalue weighted by atomic mass is 10.0. The molecule has 2 aliphatic rings. The maximum Gasteiger partial charge on any atom is 0.425 e. The summed E-state index contributed by atoms with van der Waals surface area (Å²) in [4.78, 5) is 25.7. The summed E-state index contributed by atoms with van der Waals surface area (Å²) in [7, 11) is 0. The summed E-state index contributed by atoms with van der Waals surface area (Å²) in [5, 5.41) is 17.8. The SMILES string of the molecule is CC(C)(C)OC(=O)N1C2CCC(C2)N1CC(O)[C@H](Cc1ccccc1)NC(=O)OCc1ccccc1. The summed E-state index contributed by atoms with van der Waals surface area (Å²) in [5.74, 6) is 0. The minimum Gasteiger partial charge on any atom is -0.445 e. The van der Waals surface area contributed by atoms with Gasteiger partial charge in [0.25, 0.3) is 0 Å². The smallest absolute Gasteiger partial charge is 0.425 e. The Kier molecular flexibility index (Phi) is 8.16. The molecule has 2 aromatic carbocycles. The number of aliphatic hydroxyl groups is 1. The molecule has 3 unspecified atom stereocenters. The van der Waals surface area contributed by atoms with E-state index in [0.29, 0.717) is 6.42 Å². The van der Waals surface area contributed by atoms with E-state index in [1.54, 1.807) is 5.01 Å². The van der Waals surface area contributed by atoms with Crippen LogP contribution in [0.2, 0.25) is 0 Å². The molecule has 1 heterocycles. The molecule has 2 N–H and O–H groups in total. The van der Waals surface area contributed by atoms with Gasteiger partial charge in [-0.15, -0.1) is 0 Å². The molecular formula is C28H37N3O5. The third kappa shape index (κ3) is 6.77. The maximum atomic E-state index is 13.0. The van der Waals surface area contributed by atoms with E-state index in [-0.39, 0.29) is 25.2 Å². The first kappa shape index (κ1) is 26.0. The fourth-order valence-electron chi connectivity index (χ4n) is 5.00. The van der Waals surface area contributed by atoms with Gasteiger partial charge in [0.15, 0.2) is 0 Å². The lowest BCUT2D eigenvalue weighted by Gasteiger charge is -2.40. The van der Waals surface area contributed by atoms with Crippen molar-refractivity contribution in [3.8, 4) is 0 Å². The van der Waals surface area contributed by atoms with E-state index in [1.165, 1.54) is 0 Å². The maximum absolute atomic E-state index is 13.0. The van der Waals surface area contributed by atoms with Gasteiger partial charge in [0.2, 0.25) is 0 Å². The number of β-amino-alcohol motifs (C(OH)–C–C–N with tert-alkyl or cyclic N) is 1. The van der Waals surface area contributed by atoms with Gasteiger partial charge in [0, 0.05) is 12.6 Å². The summed E-state index contributed by atoms with van der Waals surface area (Å²) in [6, 6.07) is 18.8. The van der Waals surface area contributed by atoms with Gasteiger partial charge in [-0.1, -0.05) is 60.7 Å². The molecule has 194 valence electrons. The number of carbonyl (C=O) groups excluding carboxylic acids is 2. The average molecular weight is 496 g/mol. The monoisotopic (exact) mass is 495 g/mol. The van der Waals surface area contributed by atoms with Crippen molar-refractivity contribution >= 4 is 12.2 Å². The molecule has 4 atom stereocenters. The molecule has 8 nitrogen and oxygen atoms in total. The quantitative estimate of drug-likeness (QED) is 0.568. The summed E-state index contributed by atoms with van der Waals surface area (Å²) >= 11 is 0. The van der Waals surface area contributed by atoms with Crippen molar-refractivity contribution in [3.63, 3.8) is 0 Å². The minimum atomic E-state index is -0.932. The van der Waals surface area contributed by atoms with Crippen LogP contribution in [-0.2, 0) is 22.5 Å². The number of amides is 2. The zero-order valence-electron chi connectivity index (χ0n) is 21.3. The highest BCUT2D eigenvalue weighted by molar-refractivity contribution is 5.69. The number of ether oxygens (including phenoxy) is 2. The van der Waals surface area contributed by atoms with Crippen molar-refractivity contribution in [3.05, 3.63) is 71.8 Å². The van der Waals surface area contributed by atoms with Crippen molar-refractivity contribution in [2.75, 3.05) is 6.54 Å². The van der Waals surface area contributed by atoms with Gasteiger partial charge in [-0.25, -0.2) is 19.6 Å². The lowest BCUT2D eigenvalue weighted by molar-refractivity contribution is -0.0859. The highest BCUT2D eigenvalue weighted by Gasteiger charge is 2.49. The molecule has 1 saturated carbocycles. The van der Waals surface area contributed by atoms with Crippen LogP contribution in [0.4, 0.5) is 9.59 Å².